The lowest BCUT2D eigenvalue weighted by molar-refractivity contribution is -0.144. The summed E-state index contributed by atoms with van der Waals surface area (Å²) in [7, 11) is 0. The van der Waals surface area contributed by atoms with Crippen LogP contribution in [0.25, 0.3) is 0 Å². The molecule has 5 heteroatoms. The summed E-state index contributed by atoms with van der Waals surface area (Å²) in [4.78, 5) is 23.5. The van der Waals surface area contributed by atoms with Gasteiger partial charge in [-0.2, -0.15) is 0 Å². The van der Waals surface area contributed by atoms with Crippen LogP contribution in [0, 0.1) is 0 Å². The number of rotatable bonds is 18. The van der Waals surface area contributed by atoms with Gasteiger partial charge in [0.2, 0.25) is 0 Å². The zero-order chi connectivity index (χ0) is 21.9. The Labute approximate surface area is 191 Å². The highest BCUT2D eigenvalue weighted by Crippen LogP contribution is 2.17. The molecule has 1 rings (SSSR count). The van der Waals surface area contributed by atoms with E-state index in [4.69, 9.17) is 9.47 Å². The highest BCUT2D eigenvalue weighted by molar-refractivity contribution is 9.10. The lowest BCUT2D eigenvalue weighted by atomic mass is 10.1. The molecule has 0 aliphatic heterocycles. The fraction of sp³-hybridized carbons (Fsp3) is 0.680. The fourth-order valence-corrected chi connectivity index (χ4v) is 3.51. The maximum atomic E-state index is 11.8. The summed E-state index contributed by atoms with van der Waals surface area (Å²) in [6.07, 6.45) is 15.6. The minimum Gasteiger partial charge on any atom is -0.466 e. The molecule has 0 heterocycles. The van der Waals surface area contributed by atoms with Gasteiger partial charge < -0.3 is 9.47 Å². The van der Waals surface area contributed by atoms with Gasteiger partial charge in [-0.15, -0.1) is 0 Å². The maximum absolute atomic E-state index is 11.8. The van der Waals surface area contributed by atoms with Crippen molar-refractivity contribution in [2.45, 2.75) is 103 Å². The van der Waals surface area contributed by atoms with Crippen LogP contribution in [0.15, 0.2) is 28.7 Å². The van der Waals surface area contributed by atoms with E-state index in [0.717, 1.165) is 55.8 Å². The Balaban J connectivity index is 1.85. The molecule has 0 aliphatic carbocycles. The number of hydrogen-bond acceptors (Lipinski definition) is 4. The Morgan fingerprint density at radius 1 is 0.700 bits per heavy atom. The molecule has 0 aromatic heterocycles. The molecule has 0 N–H and O–H groups in total. The van der Waals surface area contributed by atoms with Gasteiger partial charge in [0.15, 0.2) is 0 Å². The van der Waals surface area contributed by atoms with E-state index in [9.17, 15) is 9.59 Å². The second kappa shape index (κ2) is 18.4. The van der Waals surface area contributed by atoms with Gasteiger partial charge in [-0.3, -0.25) is 9.59 Å². The molecule has 0 radical (unpaired) electrons. The third kappa shape index (κ3) is 15.5. The molecular weight excluding hydrogens is 444 g/mol. The van der Waals surface area contributed by atoms with Crippen LogP contribution < -0.4 is 4.74 Å². The van der Waals surface area contributed by atoms with Crippen LogP contribution in [0.2, 0.25) is 0 Å². The second-order valence-corrected chi connectivity index (χ2v) is 8.81. The quantitative estimate of drug-likeness (QED) is 0.122. The van der Waals surface area contributed by atoms with Crippen molar-refractivity contribution in [3.05, 3.63) is 28.7 Å². The van der Waals surface area contributed by atoms with Crippen molar-refractivity contribution in [2.75, 3.05) is 6.61 Å². The standard InChI is InChI=1S/C25H39BrO4/c1-2-3-4-5-8-11-14-21-29-24(27)15-12-9-6-7-10-13-16-25(28)30-23-19-17-22(26)18-20-23/h17-20H,2-16,21H2,1H3. The van der Waals surface area contributed by atoms with Crippen LogP contribution in [0.3, 0.4) is 0 Å². The average molecular weight is 483 g/mol. The molecule has 0 aliphatic rings. The van der Waals surface area contributed by atoms with E-state index in [1.54, 1.807) is 12.1 Å². The molecule has 0 saturated heterocycles. The SMILES string of the molecule is CCCCCCCCCOC(=O)CCCCCCCCC(=O)Oc1ccc(Br)cc1. The number of hydrogen-bond donors (Lipinski definition) is 0. The minimum absolute atomic E-state index is 0.0586. The van der Waals surface area contributed by atoms with Gasteiger partial charge in [0.25, 0.3) is 0 Å². The summed E-state index contributed by atoms with van der Waals surface area (Å²) >= 11 is 3.36. The average Bonchev–Trinajstić information content (AvgIpc) is 2.73. The molecule has 0 spiro atoms. The van der Waals surface area contributed by atoms with E-state index in [1.165, 1.54) is 32.1 Å². The minimum atomic E-state index is -0.180. The lowest BCUT2D eigenvalue weighted by Crippen LogP contribution is -2.07. The first-order valence-electron chi connectivity index (χ1n) is 11.7. The summed E-state index contributed by atoms with van der Waals surface area (Å²) in [5, 5.41) is 0. The van der Waals surface area contributed by atoms with Crippen LogP contribution >= 0.6 is 15.9 Å². The third-order valence-corrected chi connectivity index (χ3v) is 5.60. The van der Waals surface area contributed by atoms with Gasteiger partial charge >= 0.3 is 11.9 Å². The maximum Gasteiger partial charge on any atom is 0.311 e. The molecule has 170 valence electrons. The lowest BCUT2D eigenvalue weighted by Gasteiger charge is -2.06. The largest absolute Gasteiger partial charge is 0.466 e. The van der Waals surface area contributed by atoms with Crippen molar-refractivity contribution in [1.82, 2.24) is 0 Å². The van der Waals surface area contributed by atoms with Crippen LogP contribution in [0.5, 0.6) is 5.75 Å². The first-order valence-corrected chi connectivity index (χ1v) is 12.5. The second-order valence-electron chi connectivity index (χ2n) is 7.89. The number of unbranched alkanes of at least 4 members (excludes halogenated alkanes) is 11. The fourth-order valence-electron chi connectivity index (χ4n) is 3.25. The highest BCUT2D eigenvalue weighted by atomic mass is 79.9. The van der Waals surface area contributed by atoms with Gasteiger partial charge in [0.05, 0.1) is 6.61 Å². The number of esters is 2. The predicted molar refractivity (Wildman–Crippen MR) is 126 cm³/mol. The zero-order valence-electron chi connectivity index (χ0n) is 18.6. The molecule has 0 amide bonds. The Morgan fingerprint density at radius 2 is 1.20 bits per heavy atom. The van der Waals surface area contributed by atoms with Gasteiger partial charge in [0.1, 0.15) is 5.75 Å². The number of carbonyl (C=O) groups is 2. The summed E-state index contributed by atoms with van der Waals surface area (Å²) in [5.74, 6) is 0.347. The topological polar surface area (TPSA) is 52.6 Å². The van der Waals surface area contributed by atoms with Crippen LogP contribution in [-0.4, -0.2) is 18.5 Å². The van der Waals surface area contributed by atoms with Gasteiger partial charge in [0, 0.05) is 17.3 Å². The van der Waals surface area contributed by atoms with Crippen molar-refractivity contribution in [1.29, 1.82) is 0 Å². The molecule has 4 nitrogen and oxygen atoms in total. The monoisotopic (exact) mass is 482 g/mol. The first-order chi connectivity index (χ1) is 14.6. The number of ether oxygens (including phenoxy) is 2. The van der Waals surface area contributed by atoms with E-state index in [-0.39, 0.29) is 11.9 Å². The van der Waals surface area contributed by atoms with Gasteiger partial charge in [-0.05, 0) is 43.5 Å². The molecule has 30 heavy (non-hydrogen) atoms. The van der Waals surface area contributed by atoms with Gasteiger partial charge in [-0.25, -0.2) is 0 Å². The van der Waals surface area contributed by atoms with Crippen molar-refractivity contribution in [2.24, 2.45) is 0 Å². The number of benzene rings is 1. The van der Waals surface area contributed by atoms with Crippen molar-refractivity contribution in [3.63, 3.8) is 0 Å². The van der Waals surface area contributed by atoms with Crippen molar-refractivity contribution in [3.8, 4) is 5.75 Å². The summed E-state index contributed by atoms with van der Waals surface area (Å²) in [5.41, 5.74) is 0. The van der Waals surface area contributed by atoms with E-state index < -0.39 is 0 Å². The number of halogens is 1. The molecule has 0 unspecified atom stereocenters. The summed E-state index contributed by atoms with van der Waals surface area (Å²) in [6, 6.07) is 7.27. The first kappa shape index (κ1) is 26.7. The van der Waals surface area contributed by atoms with E-state index >= 15 is 0 Å². The van der Waals surface area contributed by atoms with E-state index in [2.05, 4.69) is 22.9 Å². The summed E-state index contributed by atoms with van der Waals surface area (Å²) in [6.45, 7) is 2.80. The molecule has 0 atom stereocenters. The molecule has 0 fully saturated rings. The smallest absolute Gasteiger partial charge is 0.311 e. The molecule has 0 bridgehead atoms. The van der Waals surface area contributed by atoms with E-state index in [1.807, 2.05) is 12.1 Å². The van der Waals surface area contributed by atoms with Crippen molar-refractivity contribution < 1.29 is 19.1 Å². The summed E-state index contributed by atoms with van der Waals surface area (Å²) < 4.78 is 11.6. The number of carbonyl (C=O) groups excluding carboxylic acids is 2. The van der Waals surface area contributed by atoms with Crippen molar-refractivity contribution >= 4 is 27.9 Å². The Hall–Kier alpha value is -1.36. The zero-order valence-corrected chi connectivity index (χ0v) is 20.2. The normalized spacial score (nSPS) is 10.7. The Kier molecular flexibility index (Phi) is 16.4. The highest BCUT2D eigenvalue weighted by Gasteiger charge is 2.05. The predicted octanol–water partition coefficient (Wildman–Crippen LogP) is 7.77. The Morgan fingerprint density at radius 3 is 1.80 bits per heavy atom. The van der Waals surface area contributed by atoms with E-state index in [0.29, 0.717) is 25.2 Å². The Bertz CT molecular complexity index is 571. The van der Waals surface area contributed by atoms with Crippen LogP contribution in [-0.2, 0) is 14.3 Å². The van der Waals surface area contributed by atoms with Crippen LogP contribution in [0.1, 0.15) is 103 Å². The molecule has 1 aromatic rings. The molecule has 0 saturated carbocycles. The van der Waals surface area contributed by atoms with Crippen LogP contribution in [0.4, 0.5) is 0 Å². The molecule has 1 aromatic carbocycles. The van der Waals surface area contributed by atoms with Gasteiger partial charge in [-0.1, -0.05) is 87.1 Å². The third-order valence-electron chi connectivity index (χ3n) is 5.07. The molecular formula is C25H39BrO4.